The quantitative estimate of drug-likeness (QED) is 0.212. The van der Waals surface area contributed by atoms with Crippen molar-refractivity contribution in [3.8, 4) is 5.75 Å². The summed E-state index contributed by atoms with van der Waals surface area (Å²) < 4.78 is 41.6. The molecule has 4 rings (SSSR count). The Morgan fingerprint density at radius 3 is 2.50 bits per heavy atom. The van der Waals surface area contributed by atoms with Crippen LogP contribution in [0.3, 0.4) is 0 Å². The number of thiazole rings is 1. The van der Waals surface area contributed by atoms with Gasteiger partial charge in [-0.1, -0.05) is 24.3 Å². The third-order valence-corrected chi connectivity index (χ3v) is 4.94. The third kappa shape index (κ3) is 5.47. The van der Waals surface area contributed by atoms with Crippen molar-refractivity contribution in [1.29, 1.82) is 5.41 Å². The molecule has 2 heterocycles. The molecule has 0 saturated heterocycles. The summed E-state index contributed by atoms with van der Waals surface area (Å²) in [5.74, 6) is -2.45. The number of nitrogens with zero attached hydrogens (tertiary/aromatic N) is 2. The van der Waals surface area contributed by atoms with Gasteiger partial charge < -0.3 is 9.72 Å². The summed E-state index contributed by atoms with van der Waals surface area (Å²) in [6.07, 6.45) is -4.97. The summed E-state index contributed by atoms with van der Waals surface area (Å²) in [6, 6.07) is 12.0. The molecule has 0 spiro atoms. The van der Waals surface area contributed by atoms with Gasteiger partial charge in [-0.2, -0.15) is 0 Å². The van der Waals surface area contributed by atoms with Crippen LogP contribution in [-0.2, 0) is 0 Å². The molecule has 14 heteroatoms. The fraction of sp³-hybridized carbons (Fsp3) is 0.0500. The molecular formula is C20H14F3N7O3S. The number of amides is 2. The molecule has 34 heavy (non-hydrogen) atoms. The van der Waals surface area contributed by atoms with E-state index in [4.69, 9.17) is 5.41 Å². The van der Waals surface area contributed by atoms with Crippen molar-refractivity contribution in [1.82, 2.24) is 20.3 Å². The Balaban J connectivity index is 1.38. The predicted octanol–water partition coefficient (Wildman–Crippen LogP) is 3.95. The number of fused-ring (bicyclic) bond motifs is 1. The number of anilines is 2. The minimum absolute atomic E-state index is 0.0336. The molecule has 0 saturated carbocycles. The number of hydrogen-bond donors (Lipinski definition) is 5. The Kier molecular flexibility index (Phi) is 6.14. The second-order valence-electron chi connectivity index (χ2n) is 6.59. The molecule has 2 aromatic heterocycles. The second-order valence-corrected chi connectivity index (χ2v) is 7.45. The number of guanidine groups is 1. The number of para-hydroxylation sites is 3. The fourth-order valence-electron chi connectivity index (χ4n) is 2.81. The van der Waals surface area contributed by atoms with Gasteiger partial charge in [0.1, 0.15) is 11.4 Å². The first-order valence-corrected chi connectivity index (χ1v) is 10.3. The number of carbonyl (C=O) groups excluding carboxylic acids is 2. The molecule has 5 N–H and O–H groups in total. The van der Waals surface area contributed by atoms with Crippen LogP contribution in [0.5, 0.6) is 5.75 Å². The Morgan fingerprint density at radius 2 is 1.74 bits per heavy atom. The van der Waals surface area contributed by atoms with Crippen molar-refractivity contribution < 1.29 is 27.5 Å². The number of halogens is 3. The lowest BCUT2D eigenvalue weighted by molar-refractivity contribution is -0.274. The standard InChI is InChI=1S/C20H14F3N7O3S/c21-20(22,23)33-14-8-4-1-5-10(14)15(31)29-19-27-13(9-34-19)16(32)28-17(24)30-18-25-11-6-2-3-7-12(11)26-18/h1-9H,(H,27,29,31)(H4,24,25,26,28,30,32). The van der Waals surface area contributed by atoms with Gasteiger partial charge in [-0.15, -0.1) is 24.5 Å². The summed E-state index contributed by atoms with van der Waals surface area (Å²) >= 11 is 0.878. The number of H-pyrrole nitrogens is 1. The molecule has 2 aromatic carbocycles. The van der Waals surface area contributed by atoms with Gasteiger partial charge in [-0.05, 0) is 24.3 Å². The van der Waals surface area contributed by atoms with E-state index in [2.05, 4.69) is 35.6 Å². The zero-order valence-corrected chi connectivity index (χ0v) is 17.7. The number of ether oxygens (including phenoxy) is 1. The highest BCUT2D eigenvalue weighted by atomic mass is 32.1. The average molecular weight is 489 g/mol. The Morgan fingerprint density at radius 1 is 1.00 bits per heavy atom. The van der Waals surface area contributed by atoms with Crippen molar-refractivity contribution in [2.45, 2.75) is 6.36 Å². The van der Waals surface area contributed by atoms with E-state index in [9.17, 15) is 22.8 Å². The molecule has 4 aromatic rings. The maximum absolute atomic E-state index is 12.6. The maximum atomic E-state index is 12.6. The minimum Gasteiger partial charge on any atom is -0.405 e. The molecule has 0 fully saturated rings. The van der Waals surface area contributed by atoms with E-state index in [1.165, 1.54) is 17.5 Å². The van der Waals surface area contributed by atoms with Crippen molar-refractivity contribution >= 4 is 51.2 Å². The number of rotatable bonds is 5. The van der Waals surface area contributed by atoms with E-state index in [1.54, 1.807) is 18.2 Å². The summed E-state index contributed by atoms with van der Waals surface area (Å²) in [5, 5.41) is 16.4. The van der Waals surface area contributed by atoms with Crippen molar-refractivity contribution in [2.24, 2.45) is 0 Å². The van der Waals surface area contributed by atoms with Crippen LogP contribution in [0.4, 0.5) is 24.3 Å². The van der Waals surface area contributed by atoms with E-state index in [1.807, 2.05) is 6.07 Å². The highest BCUT2D eigenvalue weighted by molar-refractivity contribution is 7.14. The SMILES string of the molecule is N=C(NC(=O)c1csc(NC(=O)c2ccccc2OC(F)(F)F)n1)Nc1nc2ccccc2[nH]1. The van der Waals surface area contributed by atoms with Crippen LogP contribution in [-0.4, -0.2) is 39.1 Å². The number of aromatic nitrogens is 3. The molecule has 0 aliphatic rings. The van der Waals surface area contributed by atoms with Gasteiger partial charge in [0.15, 0.2) is 5.13 Å². The number of hydrogen-bond acceptors (Lipinski definition) is 7. The molecular weight excluding hydrogens is 475 g/mol. The zero-order chi connectivity index (χ0) is 24.3. The van der Waals surface area contributed by atoms with Crippen molar-refractivity contribution in [3.63, 3.8) is 0 Å². The average Bonchev–Trinajstić information content (AvgIpc) is 3.39. The van der Waals surface area contributed by atoms with E-state index >= 15 is 0 Å². The van der Waals surface area contributed by atoms with Crippen LogP contribution in [0.15, 0.2) is 53.9 Å². The van der Waals surface area contributed by atoms with Crippen LogP contribution in [0.2, 0.25) is 0 Å². The number of aromatic amines is 1. The Bertz CT molecular complexity index is 1350. The first kappa shape index (κ1) is 22.7. The predicted molar refractivity (Wildman–Crippen MR) is 118 cm³/mol. The van der Waals surface area contributed by atoms with Crippen LogP contribution >= 0.6 is 11.3 Å². The monoisotopic (exact) mass is 489 g/mol. The molecule has 0 aliphatic carbocycles. The van der Waals surface area contributed by atoms with Gasteiger partial charge in [-0.25, -0.2) is 9.97 Å². The normalized spacial score (nSPS) is 11.1. The summed E-state index contributed by atoms with van der Waals surface area (Å²) in [5.41, 5.74) is 0.937. The van der Waals surface area contributed by atoms with Crippen LogP contribution in [0.1, 0.15) is 20.8 Å². The lowest BCUT2D eigenvalue weighted by Crippen LogP contribution is -2.35. The van der Waals surface area contributed by atoms with Crippen LogP contribution in [0, 0.1) is 5.41 Å². The van der Waals surface area contributed by atoms with Gasteiger partial charge in [0, 0.05) is 5.38 Å². The number of imidazole rings is 1. The van der Waals surface area contributed by atoms with E-state index in [0.29, 0.717) is 5.52 Å². The summed E-state index contributed by atoms with van der Waals surface area (Å²) in [4.78, 5) is 35.9. The first-order chi connectivity index (χ1) is 16.2. The summed E-state index contributed by atoms with van der Waals surface area (Å²) in [7, 11) is 0. The van der Waals surface area contributed by atoms with E-state index in [-0.39, 0.29) is 28.3 Å². The van der Waals surface area contributed by atoms with Gasteiger partial charge in [0.25, 0.3) is 11.8 Å². The number of alkyl halides is 3. The Labute approximate surface area is 192 Å². The smallest absolute Gasteiger partial charge is 0.405 e. The fourth-order valence-corrected chi connectivity index (χ4v) is 3.49. The molecule has 0 aliphatic heterocycles. The lowest BCUT2D eigenvalue weighted by Gasteiger charge is -2.12. The van der Waals surface area contributed by atoms with E-state index in [0.717, 1.165) is 29.0 Å². The maximum Gasteiger partial charge on any atom is 0.573 e. The zero-order valence-electron chi connectivity index (χ0n) is 16.9. The summed E-state index contributed by atoms with van der Waals surface area (Å²) in [6.45, 7) is 0. The highest BCUT2D eigenvalue weighted by Gasteiger charge is 2.33. The molecule has 0 radical (unpaired) electrons. The molecule has 0 unspecified atom stereocenters. The molecule has 0 atom stereocenters. The third-order valence-electron chi connectivity index (χ3n) is 4.19. The number of benzene rings is 2. The van der Waals surface area contributed by atoms with E-state index < -0.39 is 23.9 Å². The molecule has 10 nitrogen and oxygen atoms in total. The molecule has 2 amide bonds. The molecule has 0 bridgehead atoms. The van der Waals surface area contributed by atoms with Gasteiger partial charge in [-0.3, -0.25) is 30.9 Å². The minimum atomic E-state index is -4.97. The largest absolute Gasteiger partial charge is 0.573 e. The highest BCUT2D eigenvalue weighted by Crippen LogP contribution is 2.27. The van der Waals surface area contributed by atoms with Crippen molar-refractivity contribution in [3.05, 3.63) is 65.2 Å². The van der Waals surface area contributed by atoms with Crippen LogP contribution < -0.4 is 20.7 Å². The van der Waals surface area contributed by atoms with Crippen molar-refractivity contribution in [2.75, 3.05) is 10.6 Å². The van der Waals surface area contributed by atoms with Crippen LogP contribution in [0.25, 0.3) is 11.0 Å². The second kappa shape index (κ2) is 9.19. The Hall–Kier alpha value is -4.46. The van der Waals surface area contributed by atoms with Gasteiger partial charge in [0.2, 0.25) is 11.9 Å². The van der Waals surface area contributed by atoms with Gasteiger partial charge >= 0.3 is 6.36 Å². The topological polar surface area (TPSA) is 145 Å². The lowest BCUT2D eigenvalue weighted by atomic mass is 10.2. The number of nitrogens with one attached hydrogen (secondary N) is 5. The van der Waals surface area contributed by atoms with Gasteiger partial charge in [0.05, 0.1) is 16.6 Å². The molecule has 174 valence electrons. The first-order valence-electron chi connectivity index (χ1n) is 9.41. The number of carbonyl (C=O) groups is 2.